The lowest BCUT2D eigenvalue weighted by Gasteiger charge is -2.14. The van der Waals surface area contributed by atoms with E-state index in [1.165, 1.54) is 0 Å². The summed E-state index contributed by atoms with van der Waals surface area (Å²) in [4.78, 5) is 14.6. The van der Waals surface area contributed by atoms with Crippen molar-refractivity contribution in [2.24, 2.45) is 5.10 Å². The molecule has 0 saturated carbocycles. The van der Waals surface area contributed by atoms with Crippen LogP contribution in [0.3, 0.4) is 0 Å². The van der Waals surface area contributed by atoms with Crippen molar-refractivity contribution in [2.45, 2.75) is 6.42 Å². The van der Waals surface area contributed by atoms with Crippen LogP contribution in [0.5, 0.6) is 0 Å². The standard InChI is InChI=1S/C23H23N3O/c1-26(2)21-14-12-18(13-15-21)16-20-10-6-7-11-22(20)23(27)25-24-17-19-8-4-3-5-9-19/h3-9,11-17H,10H2,1-2H3,(H,25,27). The maximum absolute atomic E-state index is 12.6. The van der Waals surface area contributed by atoms with Crippen LogP contribution in [0.2, 0.25) is 0 Å². The number of hydrogen-bond donors (Lipinski definition) is 1. The molecule has 4 nitrogen and oxygen atoms in total. The van der Waals surface area contributed by atoms with Gasteiger partial charge in [-0.1, -0.05) is 60.7 Å². The Morgan fingerprint density at radius 1 is 1.04 bits per heavy atom. The summed E-state index contributed by atoms with van der Waals surface area (Å²) in [5, 5.41) is 4.07. The first-order valence-electron chi connectivity index (χ1n) is 8.87. The SMILES string of the molecule is CN(C)c1ccc(C=C2CC=CC=C2C(=O)NN=Cc2ccccc2)cc1. The number of nitrogens with one attached hydrogen (secondary N) is 1. The molecule has 1 N–H and O–H groups in total. The van der Waals surface area contributed by atoms with Crippen molar-refractivity contribution in [3.63, 3.8) is 0 Å². The number of hydrogen-bond acceptors (Lipinski definition) is 3. The molecule has 2 aromatic carbocycles. The fraction of sp³-hybridized carbons (Fsp3) is 0.130. The molecule has 0 fully saturated rings. The molecule has 4 heteroatoms. The van der Waals surface area contributed by atoms with Crippen molar-refractivity contribution in [1.82, 2.24) is 5.43 Å². The summed E-state index contributed by atoms with van der Waals surface area (Å²) in [7, 11) is 4.03. The number of carbonyl (C=O) groups excluding carboxylic acids is 1. The van der Waals surface area contributed by atoms with Crippen LogP contribution in [-0.4, -0.2) is 26.2 Å². The third-order valence-electron chi connectivity index (χ3n) is 4.26. The molecule has 1 amide bonds. The van der Waals surface area contributed by atoms with Crippen LogP contribution in [0.25, 0.3) is 6.08 Å². The van der Waals surface area contributed by atoms with Crippen molar-refractivity contribution in [1.29, 1.82) is 0 Å². The van der Waals surface area contributed by atoms with Crippen LogP contribution in [-0.2, 0) is 4.79 Å². The van der Waals surface area contributed by atoms with Gasteiger partial charge in [0.2, 0.25) is 0 Å². The van der Waals surface area contributed by atoms with Gasteiger partial charge in [-0.3, -0.25) is 4.79 Å². The number of hydrazone groups is 1. The topological polar surface area (TPSA) is 44.7 Å². The number of nitrogens with zero attached hydrogens (tertiary/aromatic N) is 2. The minimum atomic E-state index is -0.206. The molecule has 1 aliphatic rings. The number of rotatable bonds is 5. The lowest BCUT2D eigenvalue weighted by molar-refractivity contribution is -0.117. The van der Waals surface area contributed by atoms with Gasteiger partial charge < -0.3 is 4.90 Å². The lowest BCUT2D eigenvalue weighted by Crippen LogP contribution is -2.21. The van der Waals surface area contributed by atoms with Crippen LogP contribution in [0.1, 0.15) is 17.5 Å². The molecule has 0 unspecified atom stereocenters. The van der Waals surface area contributed by atoms with E-state index in [2.05, 4.69) is 45.8 Å². The summed E-state index contributed by atoms with van der Waals surface area (Å²) < 4.78 is 0. The highest BCUT2D eigenvalue weighted by atomic mass is 16.2. The zero-order valence-electron chi connectivity index (χ0n) is 15.6. The van der Waals surface area contributed by atoms with Gasteiger partial charge in [0.25, 0.3) is 5.91 Å². The van der Waals surface area contributed by atoms with Gasteiger partial charge in [-0.05, 0) is 41.3 Å². The second-order valence-electron chi connectivity index (χ2n) is 6.48. The molecule has 0 aliphatic heterocycles. The van der Waals surface area contributed by atoms with Gasteiger partial charge in [0, 0.05) is 25.4 Å². The summed E-state index contributed by atoms with van der Waals surface area (Å²) in [5.41, 5.74) is 7.38. The van der Waals surface area contributed by atoms with E-state index in [0.717, 1.165) is 28.8 Å². The Balaban J connectivity index is 1.72. The summed E-state index contributed by atoms with van der Waals surface area (Å²) >= 11 is 0. The van der Waals surface area contributed by atoms with E-state index in [-0.39, 0.29) is 5.91 Å². The molecular formula is C23H23N3O. The predicted octanol–water partition coefficient (Wildman–Crippen LogP) is 4.17. The van der Waals surface area contributed by atoms with Crippen molar-refractivity contribution in [3.8, 4) is 0 Å². The Bertz CT molecular complexity index is 904. The number of carbonyl (C=O) groups is 1. The molecule has 1 aliphatic carbocycles. The van der Waals surface area contributed by atoms with Crippen molar-refractivity contribution in [2.75, 3.05) is 19.0 Å². The number of benzene rings is 2. The lowest BCUT2D eigenvalue weighted by atomic mass is 9.95. The number of allylic oxidation sites excluding steroid dienone is 3. The van der Waals surface area contributed by atoms with Gasteiger partial charge in [0.1, 0.15) is 0 Å². The van der Waals surface area contributed by atoms with Gasteiger partial charge >= 0.3 is 0 Å². The van der Waals surface area contributed by atoms with E-state index in [9.17, 15) is 4.79 Å². The monoisotopic (exact) mass is 357 g/mol. The fourth-order valence-electron chi connectivity index (χ4n) is 2.77. The molecule has 0 bridgehead atoms. The molecule has 27 heavy (non-hydrogen) atoms. The number of anilines is 1. The highest BCUT2D eigenvalue weighted by Gasteiger charge is 2.15. The smallest absolute Gasteiger partial charge is 0.271 e. The Labute approximate surface area is 160 Å². The highest BCUT2D eigenvalue weighted by Crippen LogP contribution is 2.23. The van der Waals surface area contributed by atoms with Crippen LogP contribution in [0.15, 0.2) is 89.1 Å². The van der Waals surface area contributed by atoms with E-state index in [4.69, 9.17) is 0 Å². The predicted molar refractivity (Wildman–Crippen MR) is 113 cm³/mol. The second kappa shape index (κ2) is 8.81. The van der Waals surface area contributed by atoms with Gasteiger partial charge in [-0.25, -0.2) is 5.43 Å². The molecule has 0 saturated heterocycles. The van der Waals surface area contributed by atoms with Gasteiger partial charge in [-0.15, -0.1) is 0 Å². The molecule has 0 spiro atoms. The average Bonchev–Trinajstić information content (AvgIpc) is 2.69. The van der Waals surface area contributed by atoms with Crippen molar-refractivity contribution >= 4 is 23.9 Å². The number of amides is 1. The molecule has 0 radical (unpaired) electrons. The Morgan fingerprint density at radius 2 is 1.78 bits per heavy atom. The van der Waals surface area contributed by atoms with E-state index in [0.29, 0.717) is 5.57 Å². The fourth-order valence-corrected chi connectivity index (χ4v) is 2.77. The second-order valence-corrected chi connectivity index (χ2v) is 6.48. The van der Waals surface area contributed by atoms with Gasteiger partial charge in [0.15, 0.2) is 0 Å². The average molecular weight is 357 g/mol. The molecule has 0 atom stereocenters. The summed E-state index contributed by atoms with van der Waals surface area (Å²) in [6.45, 7) is 0. The Kier molecular flexibility index (Phi) is 6.00. The molecule has 0 heterocycles. The zero-order valence-corrected chi connectivity index (χ0v) is 15.6. The Morgan fingerprint density at radius 3 is 2.48 bits per heavy atom. The molecule has 0 aromatic heterocycles. The summed E-state index contributed by atoms with van der Waals surface area (Å²) in [5.74, 6) is -0.206. The first kappa shape index (κ1) is 18.4. The van der Waals surface area contributed by atoms with E-state index < -0.39 is 0 Å². The minimum absolute atomic E-state index is 0.206. The minimum Gasteiger partial charge on any atom is -0.378 e. The van der Waals surface area contributed by atoms with E-state index >= 15 is 0 Å². The van der Waals surface area contributed by atoms with Crippen molar-refractivity contribution in [3.05, 3.63) is 95.1 Å². The quantitative estimate of drug-likeness (QED) is 0.645. The Hall–Kier alpha value is -3.40. The van der Waals surface area contributed by atoms with Crippen molar-refractivity contribution < 1.29 is 4.79 Å². The normalized spacial score (nSPS) is 15.0. The first-order valence-corrected chi connectivity index (χ1v) is 8.87. The van der Waals surface area contributed by atoms with Gasteiger partial charge in [-0.2, -0.15) is 5.10 Å². The molecule has 136 valence electrons. The zero-order chi connectivity index (χ0) is 19.1. The third-order valence-corrected chi connectivity index (χ3v) is 4.26. The summed E-state index contributed by atoms with van der Waals surface area (Å²) in [6.07, 6.45) is 10.2. The van der Waals surface area contributed by atoms with Gasteiger partial charge in [0.05, 0.1) is 6.21 Å². The van der Waals surface area contributed by atoms with E-state index in [1.807, 2.05) is 62.7 Å². The maximum Gasteiger partial charge on any atom is 0.271 e. The van der Waals surface area contributed by atoms with Crippen LogP contribution in [0.4, 0.5) is 5.69 Å². The molecule has 2 aromatic rings. The highest BCUT2D eigenvalue weighted by molar-refractivity contribution is 6.00. The van der Waals surface area contributed by atoms with E-state index in [1.54, 1.807) is 6.21 Å². The summed E-state index contributed by atoms with van der Waals surface area (Å²) in [6, 6.07) is 17.9. The van der Waals surface area contributed by atoms with Crippen LogP contribution < -0.4 is 10.3 Å². The maximum atomic E-state index is 12.6. The van der Waals surface area contributed by atoms with Crippen LogP contribution >= 0.6 is 0 Å². The molecular weight excluding hydrogens is 334 g/mol. The largest absolute Gasteiger partial charge is 0.378 e. The molecule has 3 rings (SSSR count). The first-order chi connectivity index (χ1) is 13.1. The third kappa shape index (κ3) is 5.05. The van der Waals surface area contributed by atoms with Crippen LogP contribution in [0, 0.1) is 0 Å².